The van der Waals surface area contributed by atoms with Crippen molar-refractivity contribution >= 4 is 11.9 Å². The van der Waals surface area contributed by atoms with Crippen LogP contribution in [0.4, 0.5) is 0 Å². The second-order valence-electron chi connectivity index (χ2n) is 1.43. The Labute approximate surface area is 70.6 Å². The Morgan fingerprint density at radius 3 is 1.42 bits per heavy atom. The van der Waals surface area contributed by atoms with Crippen LogP contribution in [0.2, 0.25) is 0 Å². The molecule has 5 N–H and O–H groups in total. The molecule has 6 heteroatoms. The zero-order valence-electron chi connectivity index (χ0n) is 7.15. The van der Waals surface area contributed by atoms with Gasteiger partial charge in [-0.2, -0.15) is 0 Å². The number of carbonyl (C=O) groups is 2. The van der Waals surface area contributed by atoms with Crippen molar-refractivity contribution < 1.29 is 24.9 Å². The third kappa shape index (κ3) is 740. The lowest BCUT2D eigenvalue weighted by Crippen LogP contribution is -2.10. The Balaban J connectivity index is -0.000000105. The van der Waals surface area contributed by atoms with Crippen molar-refractivity contribution in [3.8, 4) is 0 Å². The van der Waals surface area contributed by atoms with Crippen LogP contribution in [0.25, 0.3) is 0 Å². The van der Waals surface area contributed by atoms with E-state index in [4.69, 9.17) is 20.1 Å². The smallest absolute Gasteiger partial charge is 0.317 e. The van der Waals surface area contributed by atoms with E-state index < -0.39 is 11.9 Å². The molecule has 0 aliphatic heterocycles. The van der Waals surface area contributed by atoms with Gasteiger partial charge in [-0.3, -0.25) is 9.59 Å². The Hall–Kier alpha value is -1.14. The van der Waals surface area contributed by atoms with E-state index in [1.165, 1.54) is 0 Å². The van der Waals surface area contributed by atoms with E-state index in [9.17, 15) is 4.79 Å². The number of carboxylic acid groups (broad SMARTS) is 2. The highest BCUT2D eigenvalue weighted by atomic mass is 16.4. The van der Waals surface area contributed by atoms with E-state index in [0.717, 1.165) is 6.92 Å². The number of aliphatic carboxylic acids is 2. The van der Waals surface area contributed by atoms with Crippen LogP contribution in [0.5, 0.6) is 0 Å². The number of aliphatic hydroxyl groups excluding tert-OH is 1. The summed E-state index contributed by atoms with van der Waals surface area (Å²) in [6.45, 7) is 2.74. The van der Waals surface area contributed by atoms with Crippen LogP contribution in [0.3, 0.4) is 0 Å². The average molecular weight is 181 g/mol. The van der Waals surface area contributed by atoms with Crippen LogP contribution in [-0.4, -0.2) is 40.4 Å². The molecule has 0 unspecified atom stereocenters. The maximum absolute atomic E-state index is 9.24. The molecule has 0 aliphatic rings. The van der Waals surface area contributed by atoms with Crippen molar-refractivity contribution in [2.75, 3.05) is 13.2 Å². The minimum Gasteiger partial charge on any atom is -0.481 e. The summed E-state index contributed by atoms with van der Waals surface area (Å²) in [5, 5.41) is 22.6. The first-order valence-electron chi connectivity index (χ1n) is 3.14. The van der Waals surface area contributed by atoms with Crippen LogP contribution in [0.1, 0.15) is 13.8 Å². The molecule has 0 aromatic heterocycles. The zero-order valence-corrected chi connectivity index (χ0v) is 7.15. The summed E-state index contributed by atoms with van der Waals surface area (Å²) in [5.74, 6) is -1.80. The highest BCUT2D eigenvalue weighted by molar-refractivity contribution is 5.68. The predicted octanol–water partition coefficient (Wildman–Crippen LogP) is -0.881. The van der Waals surface area contributed by atoms with E-state index >= 15 is 0 Å². The lowest BCUT2D eigenvalue weighted by Gasteiger charge is -1.73. The molecule has 0 aromatic carbocycles. The van der Waals surface area contributed by atoms with Gasteiger partial charge in [-0.1, -0.05) is 0 Å². The van der Waals surface area contributed by atoms with Gasteiger partial charge in [0.05, 0.1) is 6.54 Å². The molecule has 0 heterocycles. The van der Waals surface area contributed by atoms with Crippen molar-refractivity contribution in [1.82, 2.24) is 0 Å². The van der Waals surface area contributed by atoms with Gasteiger partial charge in [0.2, 0.25) is 0 Å². The minimum absolute atomic E-state index is 0.250. The fourth-order valence-electron chi connectivity index (χ4n) is 0. The number of aliphatic hydroxyl groups is 1. The molecule has 0 bridgehead atoms. The van der Waals surface area contributed by atoms with Gasteiger partial charge in [0.1, 0.15) is 0 Å². The number of carboxylic acids is 2. The minimum atomic E-state index is -0.968. The third-order valence-corrected chi connectivity index (χ3v) is 0.175. The van der Waals surface area contributed by atoms with Gasteiger partial charge < -0.3 is 21.1 Å². The van der Waals surface area contributed by atoms with Gasteiger partial charge in [0, 0.05) is 13.5 Å². The molecule has 0 amide bonds. The van der Waals surface area contributed by atoms with Gasteiger partial charge in [-0.25, -0.2) is 0 Å². The molecular weight excluding hydrogens is 166 g/mol. The lowest BCUT2D eigenvalue weighted by molar-refractivity contribution is -0.136. The van der Waals surface area contributed by atoms with Gasteiger partial charge in [-0.15, -0.1) is 0 Å². The summed E-state index contributed by atoms with van der Waals surface area (Å²) in [5.41, 5.74) is 4.57. The van der Waals surface area contributed by atoms with Crippen molar-refractivity contribution in [1.29, 1.82) is 0 Å². The molecule has 0 saturated heterocycles. The summed E-state index contributed by atoms with van der Waals surface area (Å²) in [4.78, 5) is 18.2. The molecule has 0 fully saturated rings. The quantitative estimate of drug-likeness (QED) is 0.416. The first-order valence-corrected chi connectivity index (χ1v) is 3.14. The van der Waals surface area contributed by atoms with Crippen molar-refractivity contribution in [3.05, 3.63) is 0 Å². The molecule has 0 spiro atoms. The Morgan fingerprint density at radius 1 is 1.33 bits per heavy atom. The molecule has 0 saturated carbocycles. The van der Waals surface area contributed by atoms with E-state index in [0.29, 0.717) is 0 Å². The fourth-order valence-corrected chi connectivity index (χ4v) is 0. The summed E-state index contributed by atoms with van der Waals surface area (Å²) in [6, 6.07) is 0. The first-order chi connectivity index (χ1) is 5.42. The number of nitrogens with two attached hydrogens (primary N) is 1. The highest BCUT2D eigenvalue weighted by Crippen LogP contribution is 1.43. The van der Waals surface area contributed by atoms with E-state index in [-0.39, 0.29) is 13.2 Å². The number of hydrogen-bond donors (Lipinski definition) is 4. The van der Waals surface area contributed by atoms with Crippen LogP contribution < -0.4 is 5.73 Å². The van der Waals surface area contributed by atoms with Crippen molar-refractivity contribution in [3.63, 3.8) is 0 Å². The van der Waals surface area contributed by atoms with Gasteiger partial charge in [-0.05, 0) is 6.92 Å². The molecule has 0 radical (unpaired) electrons. The molecule has 0 aliphatic carbocycles. The molecule has 0 rings (SSSR count). The van der Waals surface area contributed by atoms with Crippen LogP contribution in [0.15, 0.2) is 0 Å². The second kappa shape index (κ2) is 16.4. The van der Waals surface area contributed by atoms with Gasteiger partial charge in [0.15, 0.2) is 0 Å². The highest BCUT2D eigenvalue weighted by Gasteiger charge is 1.81. The molecule has 6 nitrogen and oxygen atoms in total. The summed E-state index contributed by atoms with van der Waals surface area (Å²) < 4.78 is 0. The van der Waals surface area contributed by atoms with Crippen molar-refractivity contribution in [2.24, 2.45) is 5.73 Å². The third-order valence-electron chi connectivity index (χ3n) is 0.175. The zero-order chi connectivity index (χ0) is 10.6. The maximum atomic E-state index is 9.24. The van der Waals surface area contributed by atoms with Crippen LogP contribution in [0, 0.1) is 0 Å². The van der Waals surface area contributed by atoms with E-state index in [1.807, 2.05) is 0 Å². The van der Waals surface area contributed by atoms with Crippen LogP contribution in [-0.2, 0) is 9.59 Å². The van der Waals surface area contributed by atoms with E-state index in [1.54, 1.807) is 6.92 Å². The predicted molar refractivity (Wildman–Crippen MR) is 42.8 cm³/mol. The topological polar surface area (TPSA) is 121 Å². The van der Waals surface area contributed by atoms with Gasteiger partial charge >= 0.3 is 5.97 Å². The normalized spacial score (nSPS) is 6.67. The summed E-state index contributed by atoms with van der Waals surface area (Å²) >= 11 is 0. The average Bonchev–Trinajstić information content (AvgIpc) is 1.88. The molecule has 0 aromatic rings. The SMILES string of the molecule is CC(=O)O.CCO.NCC(=O)O. The monoisotopic (exact) mass is 181 g/mol. The maximum Gasteiger partial charge on any atom is 0.317 e. The second-order valence-corrected chi connectivity index (χ2v) is 1.43. The first kappa shape index (κ1) is 17.1. The molecule has 12 heavy (non-hydrogen) atoms. The lowest BCUT2D eigenvalue weighted by atomic mass is 10.7. The number of rotatable bonds is 1. The Morgan fingerprint density at radius 2 is 1.42 bits per heavy atom. The largest absolute Gasteiger partial charge is 0.481 e. The molecular formula is C6H15NO5. The van der Waals surface area contributed by atoms with E-state index in [2.05, 4.69) is 5.73 Å². The summed E-state index contributed by atoms with van der Waals surface area (Å²) in [6.07, 6.45) is 0. The Bertz CT molecular complexity index is 111. The number of hydrogen-bond acceptors (Lipinski definition) is 4. The standard InChI is InChI=1S/C2H5NO2.C2H4O2.C2H6O/c3-1-2(4)5;1-2(3)4;1-2-3/h1,3H2,(H,4,5);1H3,(H,3,4);3H,2H2,1H3. The molecule has 74 valence electrons. The Kier molecular flexibility index (Phi) is 23.4. The fraction of sp³-hybridized carbons (Fsp3) is 0.667. The van der Waals surface area contributed by atoms with Gasteiger partial charge in [0.25, 0.3) is 5.97 Å². The van der Waals surface area contributed by atoms with Crippen LogP contribution >= 0.6 is 0 Å². The van der Waals surface area contributed by atoms with Crippen molar-refractivity contribution in [2.45, 2.75) is 13.8 Å². The summed E-state index contributed by atoms with van der Waals surface area (Å²) in [7, 11) is 0. The molecule has 0 atom stereocenters.